The van der Waals surface area contributed by atoms with Crippen molar-refractivity contribution in [2.45, 2.75) is 19.0 Å². The number of anilines is 2. The Kier molecular flexibility index (Phi) is 6.09. The van der Waals surface area contributed by atoms with Gasteiger partial charge in [0.25, 0.3) is 5.91 Å². The maximum Gasteiger partial charge on any atom is 0.416 e. The number of amides is 1. The zero-order chi connectivity index (χ0) is 22.7. The molecule has 0 atom stereocenters. The van der Waals surface area contributed by atoms with Gasteiger partial charge in [-0.05, 0) is 35.7 Å². The summed E-state index contributed by atoms with van der Waals surface area (Å²) in [5.74, 6) is -0.0813. The van der Waals surface area contributed by atoms with Crippen molar-refractivity contribution < 1.29 is 23.1 Å². The van der Waals surface area contributed by atoms with E-state index in [-0.39, 0.29) is 31.3 Å². The molecule has 2 aromatic carbocycles. The molecule has 1 amide bonds. The van der Waals surface area contributed by atoms with Crippen molar-refractivity contribution >= 4 is 17.4 Å². The molecule has 0 unspecified atom stereocenters. The van der Waals surface area contributed by atoms with Crippen LogP contribution < -0.4 is 10.2 Å². The minimum absolute atomic E-state index is 0.0115. The van der Waals surface area contributed by atoms with E-state index < -0.39 is 11.7 Å². The fourth-order valence-electron chi connectivity index (χ4n) is 3.79. The molecular formula is C23H21F3N4O2. The fourth-order valence-corrected chi connectivity index (χ4v) is 3.79. The van der Waals surface area contributed by atoms with E-state index in [4.69, 9.17) is 0 Å². The van der Waals surface area contributed by atoms with Gasteiger partial charge in [0, 0.05) is 30.4 Å². The predicted octanol–water partition coefficient (Wildman–Crippen LogP) is 3.69. The zero-order valence-electron chi connectivity index (χ0n) is 17.1. The summed E-state index contributed by atoms with van der Waals surface area (Å²) in [4.78, 5) is 23.2. The minimum atomic E-state index is -4.43. The lowest BCUT2D eigenvalue weighted by Crippen LogP contribution is -2.35. The Morgan fingerprint density at radius 3 is 2.75 bits per heavy atom. The van der Waals surface area contributed by atoms with Gasteiger partial charge in [-0.15, -0.1) is 0 Å². The average molecular weight is 442 g/mol. The van der Waals surface area contributed by atoms with E-state index in [1.54, 1.807) is 18.2 Å². The summed E-state index contributed by atoms with van der Waals surface area (Å²) in [5, 5.41) is 12.8. The van der Waals surface area contributed by atoms with E-state index >= 15 is 0 Å². The maximum atomic E-state index is 13.3. The van der Waals surface area contributed by atoms with Crippen LogP contribution in [0.25, 0.3) is 0 Å². The van der Waals surface area contributed by atoms with E-state index in [0.29, 0.717) is 23.2 Å². The van der Waals surface area contributed by atoms with E-state index in [2.05, 4.69) is 15.3 Å². The molecule has 0 bridgehead atoms. The summed E-state index contributed by atoms with van der Waals surface area (Å²) in [5.41, 5.74) is 2.45. The topological polar surface area (TPSA) is 78.4 Å². The van der Waals surface area contributed by atoms with Crippen LogP contribution in [0.4, 0.5) is 24.7 Å². The van der Waals surface area contributed by atoms with Gasteiger partial charge in [0.2, 0.25) is 0 Å². The number of hydrogen-bond acceptors (Lipinski definition) is 5. The van der Waals surface area contributed by atoms with Gasteiger partial charge in [0.05, 0.1) is 30.6 Å². The lowest BCUT2D eigenvalue weighted by atomic mass is 10.0. The molecule has 1 aliphatic heterocycles. The first-order chi connectivity index (χ1) is 15.4. The minimum Gasteiger partial charge on any atom is -0.395 e. The molecule has 166 valence electrons. The average Bonchev–Trinajstić information content (AvgIpc) is 3.26. The second kappa shape index (κ2) is 8.96. The molecule has 32 heavy (non-hydrogen) atoms. The normalized spacial score (nSPS) is 12.9. The van der Waals surface area contributed by atoms with Crippen molar-refractivity contribution in [1.29, 1.82) is 0 Å². The summed E-state index contributed by atoms with van der Waals surface area (Å²) in [7, 11) is 0. The summed E-state index contributed by atoms with van der Waals surface area (Å²) >= 11 is 0. The summed E-state index contributed by atoms with van der Waals surface area (Å²) < 4.78 is 39.0. The molecule has 6 nitrogen and oxygen atoms in total. The van der Waals surface area contributed by atoms with E-state index in [1.165, 1.54) is 23.4 Å². The molecule has 0 radical (unpaired) electrons. The molecule has 0 fully saturated rings. The number of aromatic nitrogens is 2. The monoisotopic (exact) mass is 442 g/mol. The number of halogens is 3. The largest absolute Gasteiger partial charge is 0.416 e. The second-order valence-corrected chi connectivity index (χ2v) is 7.43. The number of fused-ring (bicyclic) bond motifs is 1. The van der Waals surface area contributed by atoms with Crippen LogP contribution in [0.2, 0.25) is 0 Å². The van der Waals surface area contributed by atoms with Gasteiger partial charge in [-0.2, -0.15) is 13.2 Å². The predicted molar refractivity (Wildman–Crippen MR) is 114 cm³/mol. The second-order valence-electron chi connectivity index (χ2n) is 7.43. The van der Waals surface area contributed by atoms with Crippen LogP contribution >= 0.6 is 0 Å². The molecule has 3 aromatic rings. The van der Waals surface area contributed by atoms with Crippen molar-refractivity contribution in [3.8, 4) is 0 Å². The Bertz CT molecular complexity index is 1130. The molecule has 0 aliphatic carbocycles. The summed E-state index contributed by atoms with van der Waals surface area (Å²) in [6.45, 7) is 0.474. The number of aliphatic hydroxyl groups is 1. The van der Waals surface area contributed by atoms with Gasteiger partial charge < -0.3 is 10.4 Å². The molecule has 1 aromatic heterocycles. The number of alkyl halides is 3. The van der Waals surface area contributed by atoms with Crippen LogP contribution in [0, 0.1) is 0 Å². The number of rotatable bonds is 6. The van der Waals surface area contributed by atoms with Crippen molar-refractivity contribution in [1.82, 2.24) is 9.97 Å². The van der Waals surface area contributed by atoms with E-state index in [0.717, 1.165) is 29.9 Å². The Balaban J connectivity index is 1.62. The van der Waals surface area contributed by atoms with Crippen molar-refractivity contribution in [3.05, 3.63) is 82.8 Å². The van der Waals surface area contributed by atoms with Gasteiger partial charge in [0.15, 0.2) is 5.82 Å². The standard InChI is InChI=1S/C23H21F3N4O2/c24-23(25,26)16-4-1-3-15(11-16)12-17-13-27-14-21(29-17)30(9-10-31)22(32)19-5-2-6-20-18(19)7-8-28-20/h1-6,11,13-14,28,31H,7-10,12H2. The Morgan fingerprint density at radius 2 is 1.97 bits per heavy atom. The van der Waals surface area contributed by atoms with Crippen LogP contribution in [0.3, 0.4) is 0 Å². The number of carbonyl (C=O) groups excluding carboxylic acids is 1. The van der Waals surface area contributed by atoms with Gasteiger partial charge in [-0.1, -0.05) is 24.3 Å². The molecule has 2 N–H and O–H groups in total. The van der Waals surface area contributed by atoms with E-state index in [1.807, 2.05) is 6.07 Å². The highest BCUT2D eigenvalue weighted by Crippen LogP contribution is 2.30. The first kappa shape index (κ1) is 21.8. The molecule has 0 saturated carbocycles. The first-order valence-electron chi connectivity index (χ1n) is 10.1. The molecule has 9 heteroatoms. The molecule has 4 rings (SSSR count). The number of carbonyl (C=O) groups is 1. The Labute approximate surface area is 182 Å². The van der Waals surface area contributed by atoms with E-state index in [9.17, 15) is 23.1 Å². The molecule has 2 heterocycles. The number of aliphatic hydroxyl groups excluding tert-OH is 1. The van der Waals surface area contributed by atoms with Gasteiger partial charge in [-0.3, -0.25) is 14.7 Å². The Morgan fingerprint density at radius 1 is 1.16 bits per heavy atom. The number of nitrogens with zero attached hydrogens (tertiary/aromatic N) is 3. The molecule has 0 saturated heterocycles. The zero-order valence-corrected chi connectivity index (χ0v) is 17.1. The molecule has 1 aliphatic rings. The van der Waals surface area contributed by atoms with Crippen LogP contribution in [0.15, 0.2) is 54.9 Å². The summed E-state index contributed by atoms with van der Waals surface area (Å²) in [6, 6.07) is 10.5. The Hall–Kier alpha value is -3.46. The number of benzene rings is 2. The third kappa shape index (κ3) is 4.57. The quantitative estimate of drug-likeness (QED) is 0.609. The molecular weight excluding hydrogens is 421 g/mol. The third-order valence-electron chi connectivity index (χ3n) is 5.25. The van der Waals surface area contributed by atoms with Crippen molar-refractivity contribution in [3.63, 3.8) is 0 Å². The smallest absolute Gasteiger partial charge is 0.395 e. The third-order valence-corrected chi connectivity index (χ3v) is 5.25. The van der Waals surface area contributed by atoms with Crippen LogP contribution in [-0.4, -0.2) is 40.7 Å². The van der Waals surface area contributed by atoms with Crippen LogP contribution in [0.5, 0.6) is 0 Å². The van der Waals surface area contributed by atoms with Gasteiger partial charge in [-0.25, -0.2) is 4.98 Å². The maximum absolute atomic E-state index is 13.3. The number of hydrogen-bond donors (Lipinski definition) is 2. The van der Waals surface area contributed by atoms with Crippen molar-refractivity contribution in [2.24, 2.45) is 0 Å². The van der Waals surface area contributed by atoms with Gasteiger partial charge in [0.1, 0.15) is 0 Å². The highest BCUT2D eigenvalue weighted by molar-refractivity contribution is 6.07. The lowest BCUT2D eigenvalue weighted by molar-refractivity contribution is -0.137. The SMILES string of the molecule is O=C(c1cccc2c1CCN2)N(CCO)c1cncc(Cc2cccc(C(F)(F)F)c2)n1. The highest BCUT2D eigenvalue weighted by atomic mass is 19.4. The highest BCUT2D eigenvalue weighted by Gasteiger charge is 2.30. The van der Waals surface area contributed by atoms with Crippen LogP contribution in [-0.2, 0) is 19.0 Å². The summed E-state index contributed by atoms with van der Waals surface area (Å²) in [6.07, 6.45) is -0.735. The first-order valence-corrected chi connectivity index (χ1v) is 10.1. The van der Waals surface area contributed by atoms with Gasteiger partial charge >= 0.3 is 6.18 Å². The molecule has 0 spiro atoms. The lowest BCUT2D eigenvalue weighted by Gasteiger charge is -2.22. The van der Waals surface area contributed by atoms with Crippen molar-refractivity contribution in [2.75, 3.05) is 29.9 Å². The number of nitrogens with one attached hydrogen (secondary N) is 1. The van der Waals surface area contributed by atoms with Crippen LogP contribution in [0.1, 0.15) is 32.7 Å². The fraction of sp³-hybridized carbons (Fsp3) is 0.261.